The number of carbonyl (C=O) groups is 2. The van der Waals surface area contributed by atoms with Gasteiger partial charge in [0.1, 0.15) is 12.2 Å². The first-order valence-electron chi connectivity index (χ1n) is 16.0. The number of carboxylic acids is 1. The highest BCUT2D eigenvalue weighted by molar-refractivity contribution is 5.99. The molecule has 8 heteroatoms. The van der Waals surface area contributed by atoms with Gasteiger partial charge in [0.25, 0.3) is 0 Å². The molecule has 3 aliphatic rings. The van der Waals surface area contributed by atoms with Crippen molar-refractivity contribution in [2.75, 3.05) is 26.3 Å². The number of rotatable bonds is 6. The number of piperidine rings is 1. The monoisotopic (exact) mass is 588 g/mol. The standard InChI is InChI=1S/C35H44N2O6/c1-35(2,3)43-34(40)36-17-14-23(15-18-36)16-20-41-29-11-7-10-27-31-30(24-8-5-4-6-9-24)26-13-12-25(33(38)39)22-28(26)37(31)19-21-42-32(27)29/h7,10-13,22-24H,4-6,8-9,14-21H2,1-3H3,(H,38,39). The number of hydrogen-bond donors (Lipinski definition) is 1. The Kier molecular flexibility index (Phi) is 8.29. The lowest BCUT2D eigenvalue weighted by Gasteiger charge is -2.33. The highest BCUT2D eigenvalue weighted by atomic mass is 16.6. The summed E-state index contributed by atoms with van der Waals surface area (Å²) in [5.41, 5.74) is 4.29. The number of nitrogens with zero attached hydrogens (tertiary/aromatic N) is 2. The van der Waals surface area contributed by atoms with Gasteiger partial charge in [0, 0.05) is 29.6 Å². The van der Waals surface area contributed by atoms with Crippen molar-refractivity contribution < 1.29 is 28.9 Å². The first-order chi connectivity index (χ1) is 20.7. The summed E-state index contributed by atoms with van der Waals surface area (Å²) in [6.45, 7) is 8.82. The molecule has 3 aromatic rings. The Bertz CT molecular complexity index is 1490. The van der Waals surface area contributed by atoms with Crippen LogP contribution in [0.1, 0.15) is 94.0 Å². The maximum atomic E-state index is 12.4. The number of carboxylic acid groups (broad SMARTS) is 1. The molecule has 0 radical (unpaired) electrons. The normalized spacial score (nSPS) is 18.0. The summed E-state index contributed by atoms with van der Waals surface area (Å²) in [4.78, 5) is 26.1. The number of hydrogen-bond acceptors (Lipinski definition) is 5. The highest BCUT2D eigenvalue weighted by Crippen LogP contribution is 2.49. The van der Waals surface area contributed by atoms with Crippen molar-refractivity contribution in [1.29, 1.82) is 0 Å². The van der Waals surface area contributed by atoms with E-state index in [2.05, 4.69) is 10.6 Å². The quantitative estimate of drug-likeness (QED) is 0.315. The minimum atomic E-state index is -0.909. The molecule has 1 N–H and O–H groups in total. The summed E-state index contributed by atoms with van der Waals surface area (Å²) in [5, 5.41) is 10.9. The van der Waals surface area contributed by atoms with E-state index in [1.165, 1.54) is 24.8 Å². The smallest absolute Gasteiger partial charge is 0.410 e. The number of aromatic carboxylic acids is 1. The molecule has 43 heavy (non-hydrogen) atoms. The van der Waals surface area contributed by atoms with E-state index in [1.807, 2.05) is 49.9 Å². The summed E-state index contributed by atoms with van der Waals surface area (Å²) in [5.74, 6) is 1.55. The van der Waals surface area contributed by atoms with Crippen LogP contribution in [-0.4, -0.2) is 58.5 Å². The van der Waals surface area contributed by atoms with Crippen LogP contribution in [0.25, 0.3) is 22.2 Å². The molecular formula is C35H44N2O6. The number of para-hydroxylation sites is 1. The van der Waals surface area contributed by atoms with E-state index >= 15 is 0 Å². The second kappa shape index (κ2) is 12.1. The van der Waals surface area contributed by atoms with Gasteiger partial charge in [-0.3, -0.25) is 0 Å². The summed E-state index contributed by atoms with van der Waals surface area (Å²) >= 11 is 0. The zero-order valence-corrected chi connectivity index (χ0v) is 25.7. The molecule has 1 aliphatic carbocycles. The van der Waals surface area contributed by atoms with Crippen LogP contribution in [0.5, 0.6) is 11.5 Å². The molecule has 2 aliphatic heterocycles. The molecule has 1 saturated carbocycles. The Labute approximate surface area is 253 Å². The first kappa shape index (κ1) is 29.4. The van der Waals surface area contributed by atoms with Crippen LogP contribution < -0.4 is 9.47 Å². The van der Waals surface area contributed by atoms with E-state index in [0.29, 0.717) is 50.2 Å². The van der Waals surface area contributed by atoms with Gasteiger partial charge in [-0.2, -0.15) is 0 Å². The molecule has 230 valence electrons. The average molecular weight is 589 g/mol. The molecule has 3 heterocycles. The van der Waals surface area contributed by atoms with Gasteiger partial charge < -0.3 is 28.8 Å². The third-order valence-corrected chi connectivity index (χ3v) is 9.21. The van der Waals surface area contributed by atoms with Crippen molar-refractivity contribution in [3.8, 4) is 22.8 Å². The van der Waals surface area contributed by atoms with E-state index in [1.54, 1.807) is 6.07 Å². The predicted molar refractivity (Wildman–Crippen MR) is 166 cm³/mol. The SMILES string of the molecule is CC(C)(C)OC(=O)N1CCC(CCOc2cccc3c2OCCn2c-3c(C3CCCCC3)c3ccc(C(=O)O)cc32)CC1. The fourth-order valence-corrected chi connectivity index (χ4v) is 7.11. The topological polar surface area (TPSA) is 90.2 Å². The van der Waals surface area contributed by atoms with Gasteiger partial charge in [0.05, 0.1) is 24.4 Å². The maximum Gasteiger partial charge on any atom is 0.410 e. The molecular weight excluding hydrogens is 544 g/mol. The number of fused-ring (bicyclic) bond motifs is 5. The Balaban J connectivity index is 1.23. The van der Waals surface area contributed by atoms with Gasteiger partial charge in [-0.15, -0.1) is 0 Å². The Morgan fingerprint density at radius 2 is 1.77 bits per heavy atom. The molecule has 2 aromatic carbocycles. The van der Waals surface area contributed by atoms with E-state index in [4.69, 9.17) is 14.2 Å². The third kappa shape index (κ3) is 6.20. The molecule has 6 rings (SSSR count). The molecule has 1 aromatic heterocycles. The van der Waals surface area contributed by atoms with Crippen LogP contribution in [0.2, 0.25) is 0 Å². The van der Waals surface area contributed by atoms with Crippen LogP contribution in [-0.2, 0) is 11.3 Å². The molecule has 1 saturated heterocycles. The number of likely N-dealkylation sites (tertiary alicyclic amines) is 1. The van der Waals surface area contributed by atoms with Crippen molar-refractivity contribution in [2.45, 2.75) is 90.2 Å². The summed E-state index contributed by atoms with van der Waals surface area (Å²) in [6, 6.07) is 11.7. The second-order valence-electron chi connectivity index (χ2n) is 13.3. The van der Waals surface area contributed by atoms with Crippen molar-refractivity contribution >= 4 is 23.0 Å². The maximum absolute atomic E-state index is 12.4. The number of amides is 1. The lowest BCUT2D eigenvalue weighted by Crippen LogP contribution is -2.41. The highest BCUT2D eigenvalue weighted by Gasteiger charge is 2.31. The molecule has 0 unspecified atom stereocenters. The zero-order valence-electron chi connectivity index (χ0n) is 25.7. The summed E-state index contributed by atoms with van der Waals surface area (Å²) in [6.07, 6.45) is 8.56. The minimum absolute atomic E-state index is 0.226. The minimum Gasteiger partial charge on any atom is -0.490 e. The number of benzene rings is 2. The lowest BCUT2D eigenvalue weighted by atomic mass is 9.81. The van der Waals surface area contributed by atoms with Crippen molar-refractivity contribution in [2.24, 2.45) is 5.92 Å². The molecule has 0 atom stereocenters. The average Bonchev–Trinajstić information content (AvgIpc) is 3.18. The van der Waals surface area contributed by atoms with Crippen molar-refractivity contribution in [1.82, 2.24) is 9.47 Å². The number of ether oxygens (including phenoxy) is 3. The molecule has 0 bridgehead atoms. The van der Waals surface area contributed by atoms with Crippen molar-refractivity contribution in [3.63, 3.8) is 0 Å². The molecule has 0 spiro atoms. The van der Waals surface area contributed by atoms with Gasteiger partial charge in [0.15, 0.2) is 11.5 Å². The third-order valence-electron chi connectivity index (χ3n) is 9.21. The van der Waals surface area contributed by atoms with Crippen LogP contribution >= 0.6 is 0 Å². The van der Waals surface area contributed by atoms with Gasteiger partial charge in [-0.05, 0) is 94.5 Å². The van der Waals surface area contributed by atoms with Crippen LogP contribution in [0.4, 0.5) is 4.79 Å². The van der Waals surface area contributed by atoms with E-state index in [9.17, 15) is 14.7 Å². The van der Waals surface area contributed by atoms with E-state index < -0.39 is 11.6 Å². The largest absolute Gasteiger partial charge is 0.490 e. The molecule has 2 fully saturated rings. The van der Waals surface area contributed by atoms with Crippen molar-refractivity contribution in [3.05, 3.63) is 47.5 Å². The van der Waals surface area contributed by atoms with Gasteiger partial charge in [-0.25, -0.2) is 9.59 Å². The Morgan fingerprint density at radius 1 is 1.00 bits per heavy atom. The second-order valence-corrected chi connectivity index (χ2v) is 13.3. The van der Waals surface area contributed by atoms with Gasteiger partial charge >= 0.3 is 12.1 Å². The molecule has 1 amide bonds. The fraction of sp³-hybridized carbons (Fsp3) is 0.543. The van der Waals surface area contributed by atoms with E-state index in [-0.39, 0.29) is 6.09 Å². The summed E-state index contributed by atoms with van der Waals surface area (Å²) in [7, 11) is 0. The van der Waals surface area contributed by atoms with Crippen LogP contribution in [0.15, 0.2) is 36.4 Å². The first-order valence-corrected chi connectivity index (χ1v) is 16.0. The van der Waals surface area contributed by atoms with E-state index in [0.717, 1.165) is 65.8 Å². The Morgan fingerprint density at radius 3 is 2.49 bits per heavy atom. The number of carbonyl (C=O) groups excluding carboxylic acids is 1. The lowest BCUT2D eigenvalue weighted by molar-refractivity contribution is 0.0177. The van der Waals surface area contributed by atoms with Crippen LogP contribution in [0.3, 0.4) is 0 Å². The summed E-state index contributed by atoms with van der Waals surface area (Å²) < 4.78 is 20.6. The zero-order chi connectivity index (χ0) is 30.1. The number of aromatic nitrogens is 1. The van der Waals surface area contributed by atoms with Gasteiger partial charge in [-0.1, -0.05) is 31.4 Å². The fourth-order valence-electron chi connectivity index (χ4n) is 7.11. The van der Waals surface area contributed by atoms with Gasteiger partial charge in [0.2, 0.25) is 0 Å². The van der Waals surface area contributed by atoms with Crippen LogP contribution in [0, 0.1) is 5.92 Å². The Hall–Kier alpha value is -3.68. The molecule has 8 nitrogen and oxygen atoms in total. The predicted octanol–water partition coefficient (Wildman–Crippen LogP) is 7.86.